The third-order valence-corrected chi connectivity index (χ3v) is 4.25. The third-order valence-electron chi connectivity index (χ3n) is 4.25. The van der Waals surface area contributed by atoms with Crippen LogP contribution in [0.5, 0.6) is 0 Å². The van der Waals surface area contributed by atoms with E-state index in [4.69, 9.17) is 4.74 Å². The van der Waals surface area contributed by atoms with Crippen molar-refractivity contribution in [1.82, 2.24) is 0 Å². The Morgan fingerprint density at radius 3 is 1.91 bits per heavy atom. The van der Waals surface area contributed by atoms with Gasteiger partial charge in [-0.25, -0.2) is 0 Å². The van der Waals surface area contributed by atoms with Gasteiger partial charge < -0.3 is 4.74 Å². The molecule has 0 spiro atoms. The average molecular weight is 311 g/mol. The lowest BCUT2D eigenvalue weighted by Crippen LogP contribution is -2.12. The molecular weight excluding hydrogens is 272 g/mol. The molecule has 0 radical (unpaired) electrons. The zero-order valence-electron chi connectivity index (χ0n) is 15.2. The van der Waals surface area contributed by atoms with Crippen molar-refractivity contribution < 1.29 is 9.53 Å². The van der Waals surface area contributed by atoms with Crippen LogP contribution in [-0.2, 0) is 9.53 Å². The lowest BCUT2D eigenvalue weighted by atomic mass is 10.0. The molecule has 1 atom stereocenters. The lowest BCUT2D eigenvalue weighted by Gasteiger charge is -2.08. The molecular formula is C20H38O2. The molecule has 0 aliphatic rings. The average Bonchev–Trinajstić information content (AvgIpc) is 2.54. The minimum Gasteiger partial charge on any atom is -0.469 e. The second kappa shape index (κ2) is 16.6. The maximum atomic E-state index is 11.2. The monoisotopic (exact) mass is 310 g/mol. The first-order valence-electron chi connectivity index (χ1n) is 9.45. The van der Waals surface area contributed by atoms with Gasteiger partial charge in [0, 0.05) is 0 Å². The van der Waals surface area contributed by atoms with Crippen molar-refractivity contribution in [2.45, 2.75) is 97.3 Å². The van der Waals surface area contributed by atoms with Gasteiger partial charge in [-0.15, -0.1) is 0 Å². The summed E-state index contributed by atoms with van der Waals surface area (Å²) in [4.78, 5) is 11.2. The van der Waals surface area contributed by atoms with E-state index in [1.54, 1.807) is 0 Å². The van der Waals surface area contributed by atoms with Crippen molar-refractivity contribution >= 4 is 5.97 Å². The Labute approximate surface area is 138 Å². The van der Waals surface area contributed by atoms with Gasteiger partial charge in [0.2, 0.25) is 0 Å². The summed E-state index contributed by atoms with van der Waals surface area (Å²) in [6, 6.07) is 0. The maximum Gasteiger partial charge on any atom is 0.308 e. The number of carbonyl (C=O) groups is 1. The number of hydrogen-bond donors (Lipinski definition) is 0. The second-order valence-electron chi connectivity index (χ2n) is 6.44. The van der Waals surface area contributed by atoms with Crippen molar-refractivity contribution in [2.75, 3.05) is 7.11 Å². The summed E-state index contributed by atoms with van der Waals surface area (Å²) >= 11 is 0. The summed E-state index contributed by atoms with van der Waals surface area (Å²) in [6.07, 6.45) is 21.3. The van der Waals surface area contributed by atoms with E-state index in [-0.39, 0.29) is 11.9 Å². The first kappa shape index (κ1) is 21.2. The number of methoxy groups -OCH3 is 1. The Hall–Kier alpha value is -0.790. The van der Waals surface area contributed by atoms with Crippen molar-refractivity contribution in [1.29, 1.82) is 0 Å². The minimum atomic E-state index is -0.0716. The van der Waals surface area contributed by atoms with Gasteiger partial charge in [-0.1, -0.05) is 77.4 Å². The van der Waals surface area contributed by atoms with Crippen LogP contribution >= 0.6 is 0 Å². The minimum absolute atomic E-state index is 0.0576. The number of allylic oxidation sites excluding steroid dienone is 2. The highest BCUT2D eigenvalue weighted by Crippen LogP contribution is 2.13. The van der Waals surface area contributed by atoms with E-state index < -0.39 is 0 Å². The molecule has 0 aromatic rings. The molecule has 0 heterocycles. The van der Waals surface area contributed by atoms with Gasteiger partial charge in [-0.05, 0) is 32.1 Å². The number of esters is 1. The molecule has 0 N–H and O–H groups in total. The Balaban J connectivity index is 3.22. The largest absolute Gasteiger partial charge is 0.469 e. The van der Waals surface area contributed by atoms with E-state index in [1.165, 1.54) is 77.7 Å². The molecule has 0 aromatic heterocycles. The smallest absolute Gasteiger partial charge is 0.308 e. The topological polar surface area (TPSA) is 26.3 Å². The van der Waals surface area contributed by atoms with Crippen LogP contribution in [0.25, 0.3) is 0 Å². The molecule has 130 valence electrons. The van der Waals surface area contributed by atoms with Crippen molar-refractivity contribution in [3.05, 3.63) is 12.2 Å². The van der Waals surface area contributed by atoms with Crippen molar-refractivity contribution in [2.24, 2.45) is 5.92 Å². The number of ether oxygens (including phenoxy) is 1. The van der Waals surface area contributed by atoms with Crippen molar-refractivity contribution in [3.63, 3.8) is 0 Å². The van der Waals surface area contributed by atoms with Crippen LogP contribution in [0.1, 0.15) is 97.3 Å². The molecule has 0 aliphatic heterocycles. The van der Waals surface area contributed by atoms with E-state index in [9.17, 15) is 4.79 Å². The summed E-state index contributed by atoms with van der Waals surface area (Å²) in [5, 5.41) is 0. The molecule has 0 rings (SSSR count). The number of unbranched alkanes of at least 4 members (excludes halogenated alkanes) is 10. The van der Waals surface area contributed by atoms with Gasteiger partial charge in [0.15, 0.2) is 0 Å². The van der Waals surface area contributed by atoms with Crippen LogP contribution in [0.3, 0.4) is 0 Å². The molecule has 22 heavy (non-hydrogen) atoms. The van der Waals surface area contributed by atoms with Crippen LogP contribution in [0.15, 0.2) is 12.2 Å². The maximum absolute atomic E-state index is 11.2. The standard InChI is InChI=1S/C20H38O2/c1-4-5-6-7-8-9-10-11-12-13-14-15-16-17-18-19(2)20(21)22-3/h11-12,19H,4-10,13-18H2,1-3H3. The van der Waals surface area contributed by atoms with Crippen molar-refractivity contribution in [3.8, 4) is 0 Å². The Morgan fingerprint density at radius 1 is 0.864 bits per heavy atom. The molecule has 0 aliphatic carbocycles. The molecule has 2 heteroatoms. The third kappa shape index (κ3) is 14.2. The van der Waals surface area contributed by atoms with Crippen LogP contribution in [0, 0.1) is 5.92 Å². The van der Waals surface area contributed by atoms with E-state index in [0.717, 1.165) is 12.8 Å². The highest BCUT2D eigenvalue weighted by molar-refractivity contribution is 5.71. The van der Waals surface area contributed by atoms with Crippen LogP contribution in [0.4, 0.5) is 0 Å². The molecule has 2 nitrogen and oxygen atoms in total. The second-order valence-corrected chi connectivity index (χ2v) is 6.44. The molecule has 0 saturated carbocycles. The van der Waals surface area contributed by atoms with Gasteiger partial charge >= 0.3 is 5.97 Å². The predicted molar refractivity (Wildman–Crippen MR) is 96.0 cm³/mol. The molecule has 0 amide bonds. The fraction of sp³-hybridized carbons (Fsp3) is 0.850. The molecule has 0 bridgehead atoms. The fourth-order valence-electron chi connectivity index (χ4n) is 2.66. The fourth-order valence-corrected chi connectivity index (χ4v) is 2.66. The summed E-state index contributed by atoms with van der Waals surface area (Å²) in [7, 11) is 1.47. The molecule has 0 fully saturated rings. The Kier molecular flexibility index (Phi) is 16.0. The van der Waals surface area contributed by atoms with E-state index in [2.05, 4.69) is 19.1 Å². The van der Waals surface area contributed by atoms with Gasteiger partial charge in [0.1, 0.15) is 0 Å². The number of carbonyl (C=O) groups excluding carboxylic acids is 1. The highest BCUT2D eigenvalue weighted by Gasteiger charge is 2.11. The molecule has 0 saturated heterocycles. The zero-order chi connectivity index (χ0) is 16.5. The first-order chi connectivity index (χ1) is 10.7. The number of hydrogen-bond acceptors (Lipinski definition) is 2. The predicted octanol–water partition coefficient (Wildman–Crippen LogP) is 6.44. The lowest BCUT2D eigenvalue weighted by molar-refractivity contribution is -0.145. The van der Waals surface area contributed by atoms with Crippen LogP contribution < -0.4 is 0 Å². The van der Waals surface area contributed by atoms with E-state index in [0.29, 0.717) is 0 Å². The van der Waals surface area contributed by atoms with Gasteiger partial charge in [0.25, 0.3) is 0 Å². The quantitative estimate of drug-likeness (QED) is 0.197. The zero-order valence-corrected chi connectivity index (χ0v) is 15.2. The summed E-state index contributed by atoms with van der Waals surface area (Å²) in [6.45, 7) is 4.22. The highest BCUT2D eigenvalue weighted by atomic mass is 16.5. The summed E-state index contributed by atoms with van der Waals surface area (Å²) < 4.78 is 4.73. The molecule has 1 unspecified atom stereocenters. The van der Waals surface area contributed by atoms with Gasteiger partial charge in [0.05, 0.1) is 13.0 Å². The summed E-state index contributed by atoms with van der Waals surface area (Å²) in [5.74, 6) is -0.0140. The number of rotatable bonds is 15. The Bertz CT molecular complexity index is 271. The molecule has 0 aromatic carbocycles. The van der Waals surface area contributed by atoms with Crippen LogP contribution in [-0.4, -0.2) is 13.1 Å². The summed E-state index contributed by atoms with van der Waals surface area (Å²) in [5.41, 5.74) is 0. The van der Waals surface area contributed by atoms with E-state index in [1.807, 2.05) is 6.92 Å². The van der Waals surface area contributed by atoms with Gasteiger partial charge in [-0.3, -0.25) is 4.79 Å². The van der Waals surface area contributed by atoms with E-state index >= 15 is 0 Å². The SMILES string of the molecule is CCCCCCCCC=CCCCCCCC(C)C(=O)OC. The Morgan fingerprint density at radius 2 is 1.36 bits per heavy atom. The normalized spacial score (nSPS) is 12.7. The first-order valence-corrected chi connectivity index (χ1v) is 9.45. The van der Waals surface area contributed by atoms with Gasteiger partial charge in [-0.2, -0.15) is 0 Å². The van der Waals surface area contributed by atoms with Crippen LogP contribution in [0.2, 0.25) is 0 Å².